The molecule has 2 aromatic heterocycles. The number of alkyl halides is 1. The molecule has 1 N–H and O–H groups in total. The summed E-state index contributed by atoms with van der Waals surface area (Å²) in [6, 6.07) is 6.05. The highest BCUT2D eigenvalue weighted by atomic mass is 19.1. The standard InChI is InChI=1S/C26H34FN7O/c1-18(2)15-33-8-3-4-21(16-33)25(35)31-26-28-13-20-6-5-19(12-23(20)30-26)22-14-29-34-11-10-32(9-7-27)17-24(22)34/h5-6,12-14,18,21H,3-4,7-11,15-17H2,1-2H3,(H,28,30,31,35). The molecule has 186 valence electrons. The number of hydrogen-bond acceptors (Lipinski definition) is 6. The molecule has 1 amide bonds. The predicted molar refractivity (Wildman–Crippen MR) is 135 cm³/mol. The molecule has 9 heteroatoms. The van der Waals surface area contributed by atoms with Gasteiger partial charge in [-0.2, -0.15) is 5.10 Å². The third kappa shape index (κ3) is 5.36. The average Bonchev–Trinajstić information content (AvgIpc) is 3.27. The number of piperidine rings is 1. The summed E-state index contributed by atoms with van der Waals surface area (Å²) in [5.41, 5.74) is 3.91. The fourth-order valence-corrected chi connectivity index (χ4v) is 5.26. The molecule has 0 saturated carbocycles. The van der Waals surface area contributed by atoms with Crippen molar-refractivity contribution in [3.8, 4) is 11.1 Å². The summed E-state index contributed by atoms with van der Waals surface area (Å²) in [7, 11) is 0. The highest BCUT2D eigenvalue weighted by Gasteiger charge is 2.27. The summed E-state index contributed by atoms with van der Waals surface area (Å²) in [5, 5.41) is 8.41. The first-order chi connectivity index (χ1) is 17.0. The quantitative estimate of drug-likeness (QED) is 0.558. The molecule has 1 atom stereocenters. The van der Waals surface area contributed by atoms with Crippen LogP contribution in [0.2, 0.25) is 0 Å². The van der Waals surface area contributed by atoms with Crippen LogP contribution in [-0.2, 0) is 17.9 Å². The van der Waals surface area contributed by atoms with Gasteiger partial charge >= 0.3 is 0 Å². The lowest BCUT2D eigenvalue weighted by Gasteiger charge is -2.32. The van der Waals surface area contributed by atoms with Crippen molar-refractivity contribution in [3.63, 3.8) is 0 Å². The summed E-state index contributed by atoms with van der Waals surface area (Å²) in [4.78, 5) is 26.5. The molecule has 3 aromatic rings. The molecule has 1 saturated heterocycles. The molecule has 2 aliphatic heterocycles. The van der Waals surface area contributed by atoms with Crippen molar-refractivity contribution in [1.29, 1.82) is 0 Å². The van der Waals surface area contributed by atoms with Crippen LogP contribution in [-0.4, -0.2) is 74.9 Å². The highest BCUT2D eigenvalue weighted by Crippen LogP contribution is 2.29. The van der Waals surface area contributed by atoms with Crippen molar-refractivity contribution in [1.82, 2.24) is 29.5 Å². The van der Waals surface area contributed by atoms with Gasteiger partial charge < -0.3 is 4.90 Å². The third-order valence-corrected chi connectivity index (χ3v) is 6.98. The third-order valence-electron chi connectivity index (χ3n) is 6.98. The topological polar surface area (TPSA) is 79.2 Å². The second kappa shape index (κ2) is 10.4. The first-order valence-corrected chi connectivity index (χ1v) is 12.6. The maximum atomic E-state index is 13.0. The van der Waals surface area contributed by atoms with E-state index in [0.29, 0.717) is 25.0 Å². The van der Waals surface area contributed by atoms with E-state index in [1.807, 2.05) is 29.1 Å². The van der Waals surface area contributed by atoms with Gasteiger partial charge in [-0.15, -0.1) is 0 Å². The number of fused-ring (bicyclic) bond motifs is 2. The second-order valence-electron chi connectivity index (χ2n) is 10.1. The molecular weight excluding hydrogens is 445 g/mol. The Balaban J connectivity index is 1.33. The number of carbonyl (C=O) groups is 1. The van der Waals surface area contributed by atoms with Gasteiger partial charge in [0.2, 0.25) is 11.9 Å². The molecule has 0 spiro atoms. The van der Waals surface area contributed by atoms with Crippen molar-refractivity contribution in [2.45, 2.75) is 39.8 Å². The normalized spacial score (nSPS) is 19.3. The van der Waals surface area contributed by atoms with Gasteiger partial charge in [0, 0.05) is 49.9 Å². The van der Waals surface area contributed by atoms with Gasteiger partial charge in [0.05, 0.1) is 29.9 Å². The van der Waals surface area contributed by atoms with E-state index in [0.717, 1.165) is 73.3 Å². The van der Waals surface area contributed by atoms with E-state index >= 15 is 0 Å². The smallest absolute Gasteiger partial charge is 0.231 e. The Kier molecular flexibility index (Phi) is 7.06. The molecule has 0 radical (unpaired) electrons. The summed E-state index contributed by atoms with van der Waals surface area (Å²) in [5.74, 6) is 0.877. The number of carbonyl (C=O) groups excluding carboxylic acids is 1. The van der Waals surface area contributed by atoms with E-state index in [9.17, 15) is 9.18 Å². The van der Waals surface area contributed by atoms with Crippen LogP contribution in [0.25, 0.3) is 22.0 Å². The summed E-state index contributed by atoms with van der Waals surface area (Å²) in [6.45, 7) is 9.62. The maximum absolute atomic E-state index is 13.0. The van der Waals surface area contributed by atoms with E-state index in [1.54, 1.807) is 6.20 Å². The zero-order valence-electron chi connectivity index (χ0n) is 20.6. The number of likely N-dealkylation sites (tertiary alicyclic amines) is 1. The number of nitrogens with zero attached hydrogens (tertiary/aromatic N) is 6. The Hall–Kier alpha value is -2.91. The van der Waals surface area contributed by atoms with Crippen molar-refractivity contribution in [2.24, 2.45) is 11.8 Å². The fourth-order valence-electron chi connectivity index (χ4n) is 5.26. The minimum Gasteiger partial charge on any atom is -0.302 e. The lowest BCUT2D eigenvalue weighted by molar-refractivity contribution is -0.121. The molecule has 0 bridgehead atoms. The molecule has 4 heterocycles. The van der Waals surface area contributed by atoms with Crippen LogP contribution in [0.4, 0.5) is 10.3 Å². The van der Waals surface area contributed by atoms with Crippen LogP contribution in [0.1, 0.15) is 32.4 Å². The zero-order valence-corrected chi connectivity index (χ0v) is 20.6. The van der Waals surface area contributed by atoms with E-state index in [4.69, 9.17) is 0 Å². The Labute approximate surface area is 205 Å². The Morgan fingerprint density at radius 2 is 2.09 bits per heavy atom. The first-order valence-electron chi connectivity index (χ1n) is 12.6. The number of amides is 1. The number of benzene rings is 1. The second-order valence-corrected chi connectivity index (χ2v) is 10.1. The Morgan fingerprint density at radius 3 is 2.91 bits per heavy atom. The lowest BCUT2D eigenvalue weighted by atomic mass is 9.96. The molecule has 1 fully saturated rings. The predicted octanol–water partition coefficient (Wildman–Crippen LogP) is 3.58. The summed E-state index contributed by atoms with van der Waals surface area (Å²) < 4.78 is 14.9. The molecule has 2 aliphatic rings. The van der Waals surface area contributed by atoms with Gasteiger partial charge in [0.1, 0.15) is 6.67 Å². The van der Waals surface area contributed by atoms with E-state index < -0.39 is 0 Å². The van der Waals surface area contributed by atoms with Crippen molar-refractivity contribution in [2.75, 3.05) is 44.7 Å². The van der Waals surface area contributed by atoms with E-state index in [1.165, 1.54) is 0 Å². The van der Waals surface area contributed by atoms with Gasteiger partial charge in [0.15, 0.2) is 0 Å². The minimum atomic E-state index is -0.346. The van der Waals surface area contributed by atoms with Crippen molar-refractivity contribution < 1.29 is 9.18 Å². The van der Waals surface area contributed by atoms with Crippen LogP contribution in [0.3, 0.4) is 0 Å². The SMILES string of the molecule is CC(C)CN1CCCC(C(=O)Nc2ncc3ccc(-c4cnn5c4CN(CCF)CC5)cc3n2)C1. The van der Waals surface area contributed by atoms with Gasteiger partial charge in [-0.05, 0) is 36.9 Å². The number of rotatable bonds is 7. The summed E-state index contributed by atoms with van der Waals surface area (Å²) in [6.07, 6.45) is 5.56. The number of anilines is 1. The van der Waals surface area contributed by atoms with Crippen LogP contribution in [0, 0.1) is 11.8 Å². The molecule has 0 aliphatic carbocycles. The molecule has 1 aromatic carbocycles. The van der Waals surface area contributed by atoms with E-state index in [-0.39, 0.29) is 18.5 Å². The van der Waals surface area contributed by atoms with Crippen LogP contribution in [0.5, 0.6) is 0 Å². The molecule has 5 rings (SSSR count). The van der Waals surface area contributed by atoms with E-state index in [2.05, 4.69) is 44.0 Å². The average molecular weight is 480 g/mol. The Morgan fingerprint density at radius 1 is 1.20 bits per heavy atom. The maximum Gasteiger partial charge on any atom is 0.231 e. The van der Waals surface area contributed by atoms with Crippen molar-refractivity contribution >= 4 is 22.8 Å². The van der Waals surface area contributed by atoms with Gasteiger partial charge in [-0.25, -0.2) is 14.4 Å². The Bertz CT molecular complexity index is 1190. The van der Waals surface area contributed by atoms with Gasteiger partial charge in [0.25, 0.3) is 0 Å². The minimum absolute atomic E-state index is 0.00683. The van der Waals surface area contributed by atoms with Crippen molar-refractivity contribution in [3.05, 3.63) is 36.3 Å². The number of hydrogen-bond donors (Lipinski definition) is 1. The summed E-state index contributed by atoms with van der Waals surface area (Å²) >= 11 is 0. The lowest BCUT2D eigenvalue weighted by Crippen LogP contribution is -2.42. The molecule has 35 heavy (non-hydrogen) atoms. The van der Waals surface area contributed by atoms with Gasteiger partial charge in [-0.1, -0.05) is 26.0 Å². The molecule has 8 nitrogen and oxygen atoms in total. The first kappa shape index (κ1) is 23.8. The fraction of sp³-hybridized carbons (Fsp3) is 0.538. The van der Waals surface area contributed by atoms with Crippen LogP contribution in [0.15, 0.2) is 30.6 Å². The molecule has 1 unspecified atom stereocenters. The number of nitrogens with one attached hydrogen (secondary N) is 1. The van der Waals surface area contributed by atoms with Gasteiger partial charge in [-0.3, -0.25) is 19.7 Å². The number of halogens is 1. The highest BCUT2D eigenvalue weighted by molar-refractivity contribution is 5.92. The largest absolute Gasteiger partial charge is 0.302 e. The molecular formula is C26H34FN7O. The zero-order chi connectivity index (χ0) is 24.4. The van der Waals surface area contributed by atoms with Crippen LogP contribution < -0.4 is 5.32 Å². The monoisotopic (exact) mass is 479 g/mol. The number of aromatic nitrogens is 4. The van der Waals surface area contributed by atoms with Crippen LogP contribution >= 0.6 is 0 Å².